The molecule has 0 fully saturated rings. The molecule has 9 heteroatoms. The van der Waals surface area contributed by atoms with Crippen molar-refractivity contribution in [1.82, 2.24) is 10.1 Å². The van der Waals surface area contributed by atoms with Gasteiger partial charge in [0.15, 0.2) is 5.82 Å². The number of phenolic OH excluding ortho intramolecular Hbond substituents is 1. The van der Waals surface area contributed by atoms with Crippen molar-refractivity contribution < 1.29 is 31.9 Å². The molecule has 21 heavy (non-hydrogen) atoms. The highest BCUT2D eigenvalue weighted by Crippen LogP contribution is 2.24. The smallest absolute Gasteiger partial charge is 0.411 e. The van der Waals surface area contributed by atoms with Crippen LogP contribution in [0.5, 0.6) is 5.75 Å². The predicted octanol–water partition coefficient (Wildman–Crippen LogP) is 2.70. The molecule has 0 spiro atoms. The zero-order valence-electron chi connectivity index (χ0n) is 10.5. The van der Waals surface area contributed by atoms with E-state index in [1.165, 1.54) is 12.1 Å². The summed E-state index contributed by atoms with van der Waals surface area (Å²) in [6.45, 7) is -1.60. The molecule has 0 bridgehead atoms. The van der Waals surface area contributed by atoms with Crippen molar-refractivity contribution in [3.8, 4) is 17.2 Å². The summed E-state index contributed by atoms with van der Waals surface area (Å²) in [6.07, 6.45) is -4.39. The third-order valence-electron chi connectivity index (χ3n) is 2.39. The minimum atomic E-state index is -4.39. The molecule has 0 unspecified atom stereocenters. The fourth-order valence-corrected chi connectivity index (χ4v) is 1.49. The molecule has 0 atom stereocenters. The fraction of sp³-hybridized carbons (Fsp3) is 0.333. The monoisotopic (exact) mass is 306 g/mol. The summed E-state index contributed by atoms with van der Waals surface area (Å²) in [5.41, 5.74) is -0.0113. The molecule has 0 aliphatic heterocycles. The topological polar surface area (TPSA) is 68.4 Å². The van der Waals surface area contributed by atoms with E-state index in [-0.39, 0.29) is 36.1 Å². The van der Waals surface area contributed by atoms with Gasteiger partial charge >= 0.3 is 6.18 Å². The molecule has 1 heterocycles. The van der Waals surface area contributed by atoms with Crippen molar-refractivity contribution in [2.24, 2.45) is 0 Å². The van der Waals surface area contributed by atoms with Crippen LogP contribution in [0.2, 0.25) is 0 Å². The Hall–Kier alpha value is -2.16. The molecule has 2 rings (SSSR count). The molecule has 1 aromatic carbocycles. The standard InChI is InChI=1S/C12H10F4N2O3/c13-9-5-7(19)1-2-8(9)11-17-10(18-21-11)3-4-20-6-12(14,15)16/h1-2,5,19H,3-4,6H2. The second kappa shape index (κ2) is 6.08. The Balaban J connectivity index is 1.95. The molecule has 0 amide bonds. The molecule has 1 aromatic heterocycles. The van der Waals surface area contributed by atoms with Gasteiger partial charge in [-0.05, 0) is 12.1 Å². The van der Waals surface area contributed by atoms with Gasteiger partial charge < -0.3 is 14.4 Å². The first kappa shape index (κ1) is 15.2. The lowest BCUT2D eigenvalue weighted by atomic mass is 10.2. The minimum Gasteiger partial charge on any atom is -0.508 e. The first-order valence-electron chi connectivity index (χ1n) is 5.81. The van der Waals surface area contributed by atoms with E-state index in [2.05, 4.69) is 14.9 Å². The highest BCUT2D eigenvalue weighted by atomic mass is 19.4. The van der Waals surface area contributed by atoms with Crippen LogP contribution in [-0.2, 0) is 11.2 Å². The van der Waals surface area contributed by atoms with Gasteiger partial charge in [-0.1, -0.05) is 5.16 Å². The molecule has 114 valence electrons. The van der Waals surface area contributed by atoms with Crippen LogP contribution in [0.3, 0.4) is 0 Å². The number of benzene rings is 1. The molecule has 0 saturated heterocycles. The van der Waals surface area contributed by atoms with Crippen LogP contribution < -0.4 is 0 Å². The van der Waals surface area contributed by atoms with E-state index in [9.17, 15) is 17.6 Å². The van der Waals surface area contributed by atoms with Gasteiger partial charge in [-0.25, -0.2) is 4.39 Å². The lowest BCUT2D eigenvalue weighted by Gasteiger charge is -2.05. The summed E-state index contributed by atoms with van der Waals surface area (Å²) in [5, 5.41) is 12.6. The van der Waals surface area contributed by atoms with Crippen LogP contribution in [0, 0.1) is 5.82 Å². The van der Waals surface area contributed by atoms with Crippen molar-refractivity contribution in [2.45, 2.75) is 12.6 Å². The molecule has 0 aliphatic rings. The molecule has 0 aliphatic carbocycles. The third-order valence-corrected chi connectivity index (χ3v) is 2.39. The van der Waals surface area contributed by atoms with Crippen LogP contribution in [0.4, 0.5) is 17.6 Å². The van der Waals surface area contributed by atoms with E-state index in [4.69, 9.17) is 9.63 Å². The number of rotatable bonds is 5. The summed E-state index contributed by atoms with van der Waals surface area (Å²) >= 11 is 0. The molecule has 1 N–H and O–H groups in total. The number of hydrogen-bond acceptors (Lipinski definition) is 5. The number of nitrogens with zero attached hydrogens (tertiary/aromatic N) is 2. The number of aromatic hydroxyl groups is 1. The van der Waals surface area contributed by atoms with Gasteiger partial charge in [-0.3, -0.25) is 0 Å². The summed E-state index contributed by atoms with van der Waals surface area (Å²) in [7, 11) is 0. The van der Waals surface area contributed by atoms with E-state index >= 15 is 0 Å². The van der Waals surface area contributed by atoms with Gasteiger partial charge in [0.05, 0.1) is 12.2 Å². The van der Waals surface area contributed by atoms with Crippen molar-refractivity contribution in [2.75, 3.05) is 13.2 Å². The Kier molecular flexibility index (Phi) is 4.41. The second-order valence-electron chi connectivity index (χ2n) is 4.10. The average molecular weight is 306 g/mol. The average Bonchev–Trinajstić information content (AvgIpc) is 2.82. The predicted molar refractivity (Wildman–Crippen MR) is 61.9 cm³/mol. The normalized spacial score (nSPS) is 11.8. The Morgan fingerprint density at radius 3 is 2.71 bits per heavy atom. The minimum absolute atomic E-state index is 0.000712. The number of alkyl halides is 3. The van der Waals surface area contributed by atoms with Gasteiger partial charge in [-0.15, -0.1) is 0 Å². The molecular weight excluding hydrogens is 296 g/mol. The zero-order chi connectivity index (χ0) is 15.5. The molecule has 0 radical (unpaired) electrons. The number of hydrogen-bond donors (Lipinski definition) is 1. The summed E-state index contributed by atoms with van der Waals surface area (Å²) in [6, 6.07) is 3.38. The first-order valence-corrected chi connectivity index (χ1v) is 5.81. The van der Waals surface area contributed by atoms with Gasteiger partial charge in [0.1, 0.15) is 18.2 Å². The van der Waals surface area contributed by atoms with E-state index in [1.807, 2.05) is 0 Å². The number of halogens is 4. The maximum atomic E-state index is 13.5. The van der Waals surface area contributed by atoms with Crippen molar-refractivity contribution in [3.63, 3.8) is 0 Å². The van der Waals surface area contributed by atoms with E-state index in [0.29, 0.717) is 0 Å². The second-order valence-corrected chi connectivity index (χ2v) is 4.10. The van der Waals surface area contributed by atoms with Crippen molar-refractivity contribution >= 4 is 0 Å². The number of phenols is 1. The van der Waals surface area contributed by atoms with Crippen LogP contribution in [0.15, 0.2) is 22.7 Å². The Bertz CT molecular complexity index is 613. The van der Waals surface area contributed by atoms with Crippen LogP contribution in [0.1, 0.15) is 5.82 Å². The lowest BCUT2D eigenvalue weighted by molar-refractivity contribution is -0.173. The Labute approximate surface area is 116 Å². The Morgan fingerprint density at radius 1 is 1.29 bits per heavy atom. The first-order chi connectivity index (χ1) is 9.85. The summed E-state index contributed by atoms with van der Waals surface area (Å²) in [5.74, 6) is -1.03. The summed E-state index contributed by atoms with van der Waals surface area (Å²) in [4.78, 5) is 3.84. The van der Waals surface area contributed by atoms with Gasteiger partial charge in [0.25, 0.3) is 5.89 Å². The molecule has 5 nitrogen and oxygen atoms in total. The highest BCUT2D eigenvalue weighted by Gasteiger charge is 2.27. The van der Waals surface area contributed by atoms with Gasteiger partial charge in [0.2, 0.25) is 0 Å². The zero-order valence-corrected chi connectivity index (χ0v) is 10.5. The van der Waals surface area contributed by atoms with Crippen LogP contribution >= 0.6 is 0 Å². The van der Waals surface area contributed by atoms with E-state index < -0.39 is 18.6 Å². The largest absolute Gasteiger partial charge is 0.508 e. The van der Waals surface area contributed by atoms with Crippen LogP contribution in [-0.4, -0.2) is 34.6 Å². The highest BCUT2D eigenvalue weighted by molar-refractivity contribution is 5.55. The maximum absolute atomic E-state index is 13.5. The summed E-state index contributed by atoms with van der Waals surface area (Å²) < 4.78 is 58.3. The van der Waals surface area contributed by atoms with Gasteiger partial charge in [-0.2, -0.15) is 18.2 Å². The SMILES string of the molecule is Oc1ccc(-c2nc(CCOCC(F)(F)F)no2)c(F)c1. The Morgan fingerprint density at radius 2 is 2.05 bits per heavy atom. The quantitative estimate of drug-likeness (QED) is 0.679. The number of ether oxygens (including phenoxy) is 1. The maximum Gasteiger partial charge on any atom is 0.411 e. The third kappa shape index (κ3) is 4.42. The van der Waals surface area contributed by atoms with Gasteiger partial charge in [0, 0.05) is 12.5 Å². The van der Waals surface area contributed by atoms with Crippen molar-refractivity contribution in [1.29, 1.82) is 0 Å². The molecule has 2 aromatic rings. The van der Waals surface area contributed by atoms with E-state index in [1.54, 1.807) is 0 Å². The molecular formula is C12H10F4N2O3. The van der Waals surface area contributed by atoms with Crippen LogP contribution in [0.25, 0.3) is 11.5 Å². The van der Waals surface area contributed by atoms with E-state index in [0.717, 1.165) is 6.07 Å². The lowest BCUT2D eigenvalue weighted by Crippen LogP contribution is -2.18. The van der Waals surface area contributed by atoms with Crippen molar-refractivity contribution in [3.05, 3.63) is 29.8 Å². The molecule has 0 saturated carbocycles. The fourth-order valence-electron chi connectivity index (χ4n) is 1.49. The number of aromatic nitrogens is 2.